The highest BCUT2D eigenvalue weighted by molar-refractivity contribution is 5.82. The fourth-order valence-electron chi connectivity index (χ4n) is 1.27. The second-order valence-electron chi connectivity index (χ2n) is 2.99. The smallest absolute Gasteiger partial charge is 0.362 e. The first kappa shape index (κ1) is 9.26. The maximum Gasteiger partial charge on any atom is 0.362 e. The summed E-state index contributed by atoms with van der Waals surface area (Å²) < 4.78 is 5.02. The summed E-state index contributed by atoms with van der Waals surface area (Å²) in [5, 5.41) is 0.775. The molecule has 0 atom stereocenters. The van der Waals surface area contributed by atoms with E-state index in [1.165, 1.54) is 0 Å². The van der Waals surface area contributed by atoms with Crippen molar-refractivity contribution in [2.45, 2.75) is 0 Å². The molecule has 0 saturated carbocycles. The number of fused-ring (bicyclic) bond motifs is 1. The molecule has 15 heavy (non-hydrogen) atoms. The van der Waals surface area contributed by atoms with Crippen molar-refractivity contribution in [1.82, 2.24) is 0 Å². The van der Waals surface area contributed by atoms with Gasteiger partial charge in [0, 0.05) is 5.39 Å². The summed E-state index contributed by atoms with van der Waals surface area (Å²) in [6.45, 7) is 0. The van der Waals surface area contributed by atoms with Gasteiger partial charge in [-0.15, -0.1) is 0 Å². The summed E-state index contributed by atoms with van der Waals surface area (Å²) in [6, 6.07) is 8.72. The molecule has 0 unspecified atom stereocenters. The lowest BCUT2D eigenvalue weighted by molar-refractivity contribution is 0.562. The Labute approximate surface area is 85.0 Å². The minimum Gasteiger partial charge on any atom is -0.421 e. The van der Waals surface area contributed by atoms with Crippen LogP contribution in [0, 0.1) is 0 Å². The Kier molecular flexibility index (Phi) is 2.13. The maximum atomic E-state index is 11.4. The van der Waals surface area contributed by atoms with Crippen LogP contribution in [0.3, 0.4) is 0 Å². The van der Waals surface area contributed by atoms with Crippen molar-refractivity contribution in [2.24, 2.45) is 16.5 Å². The third-order valence-corrected chi connectivity index (χ3v) is 1.87. The number of rotatable bonds is 1. The van der Waals surface area contributed by atoms with Gasteiger partial charge < -0.3 is 15.9 Å². The van der Waals surface area contributed by atoms with Crippen LogP contribution in [0.5, 0.6) is 0 Å². The topological polar surface area (TPSA) is 94.6 Å². The van der Waals surface area contributed by atoms with Gasteiger partial charge in [0.2, 0.25) is 0 Å². The van der Waals surface area contributed by atoms with E-state index in [9.17, 15) is 4.79 Å². The van der Waals surface area contributed by atoms with Crippen molar-refractivity contribution in [1.29, 1.82) is 0 Å². The van der Waals surface area contributed by atoms with Gasteiger partial charge in [0.1, 0.15) is 5.58 Å². The van der Waals surface area contributed by atoms with Crippen molar-refractivity contribution in [3.63, 3.8) is 0 Å². The van der Waals surface area contributed by atoms with E-state index in [4.69, 9.17) is 15.9 Å². The van der Waals surface area contributed by atoms with Crippen LogP contribution in [0.4, 0.5) is 5.69 Å². The molecule has 4 N–H and O–H groups in total. The number of nitrogens with zero attached hydrogens (tertiary/aromatic N) is 1. The van der Waals surface area contributed by atoms with Crippen LogP contribution in [-0.2, 0) is 0 Å². The Morgan fingerprint density at radius 2 is 2.00 bits per heavy atom. The summed E-state index contributed by atoms with van der Waals surface area (Å²) >= 11 is 0. The Balaban J connectivity index is 2.73. The van der Waals surface area contributed by atoms with Gasteiger partial charge in [-0.05, 0) is 12.1 Å². The Morgan fingerprint density at radius 3 is 2.73 bits per heavy atom. The lowest BCUT2D eigenvalue weighted by Gasteiger charge is -1.97. The van der Waals surface area contributed by atoms with Crippen LogP contribution >= 0.6 is 0 Å². The molecule has 1 aromatic carbocycles. The average Bonchev–Trinajstić information content (AvgIpc) is 2.18. The number of nitrogens with two attached hydrogens (primary N) is 2. The predicted octanol–water partition coefficient (Wildman–Crippen LogP) is 0.698. The third-order valence-electron chi connectivity index (χ3n) is 1.87. The van der Waals surface area contributed by atoms with E-state index < -0.39 is 5.63 Å². The van der Waals surface area contributed by atoms with E-state index in [1.807, 2.05) is 12.1 Å². The molecule has 1 heterocycles. The first-order chi connectivity index (χ1) is 7.16. The summed E-state index contributed by atoms with van der Waals surface area (Å²) in [5.74, 6) is -0.169. The largest absolute Gasteiger partial charge is 0.421 e. The monoisotopic (exact) mass is 203 g/mol. The number of benzene rings is 1. The fourth-order valence-corrected chi connectivity index (χ4v) is 1.27. The van der Waals surface area contributed by atoms with Crippen molar-refractivity contribution >= 4 is 22.6 Å². The quantitative estimate of drug-likeness (QED) is 0.405. The summed E-state index contributed by atoms with van der Waals surface area (Å²) in [4.78, 5) is 15.1. The molecule has 0 spiro atoms. The minimum atomic E-state index is -0.554. The molecule has 0 bridgehead atoms. The molecule has 5 heteroatoms. The summed E-state index contributed by atoms with van der Waals surface area (Å²) in [7, 11) is 0. The van der Waals surface area contributed by atoms with Gasteiger partial charge >= 0.3 is 5.63 Å². The average molecular weight is 203 g/mol. The highest BCUT2D eigenvalue weighted by Gasteiger charge is 2.03. The van der Waals surface area contributed by atoms with Gasteiger partial charge in [-0.3, -0.25) is 0 Å². The Bertz CT molecular complexity index is 582. The van der Waals surface area contributed by atoms with Gasteiger partial charge in [-0.2, -0.15) is 0 Å². The van der Waals surface area contributed by atoms with Gasteiger partial charge in [0.25, 0.3) is 0 Å². The summed E-state index contributed by atoms with van der Waals surface area (Å²) in [6.07, 6.45) is 0. The second-order valence-corrected chi connectivity index (χ2v) is 2.99. The lowest BCUT2D eigenvalue weighted by atomic mass is 10.2. The van der Waals surface area contributed by atoms with Crippen molar-refractivity contribution < 1.29 is 4.42 Å². The molecular formula is C10H9N3O2. The van der Waals surface area contributed by atoms with Gasteiger partial charge in [-0.1, -0.05) is 18.2 Å². The predicted molar refractivity (Wildman–Crippen MR) is 58.0 cm³/mol. The van der Waals surface area contributed by atoms with E-state index in [2.05, 4.69) is 4.99 Å². The summed E-state index contributed by atoms with van der Waals surface area (Å²) in [5.41, 5.74) is 10.4. The van der Waals surface area contributed by atoms with E-state index in [0.29, 0.717) is 5.58 Å². The minimum absolute atomic E-state index is 0.105. The van der Waals surface area contributed by atoms with E-state index in [1.54, 1.807) is 18.2 Å². The lowest BCUT2D eigenvalue weighted by Crippen LogP contribution is -2.22. The normalized spacial score (nSPS) is 10.1. The molecule has 0 radical (unpaired) electrons. The number of hydrogen-bond acceptors (Lipinski definition) is 3. The molecule has 0 aliphatic heterocycles. The van der Waals surface area contributed by atoms with E-state index in [0.717, 1.165) is 5.39 Å². The molecule has 0 amide bonds. The molecule has 0 aliphatic rings. The molecule has 0 fully saturated rings. The SMILES string of the molecule is NC(N)=Nc1cc2ccccc2oc1=O. The van der Waals surface area contributed by atoms with Crippen LogP contribution in [0.15, 0.2) is 44.5 Å². The third kappa shape index (κ3) is 1.80. The number of hydrogen-bond donors (Lipinski definition) is 2. The molecule has 2 aromatic rings. The molecule has 76 valence electrons. The first-order valence-corrected chi connectivity index (χ1v) is 4.29. The molecule has 1 aromatic heterocycles. The van der Waals surface area contributed by atoms with E-state index >= 15 is 0 Å². The van der Waals surface area contributed by atoms with Gasteiger partial charge in [-0.25, -0.2) is 9.79 Å². The second kappa shape index (κ2) is 3.45. The highest BCUT2D eigenvalue weighted by atomic mass is 16.4. The van der Waals surface area contributed by atoms with Crippen molar-refractivity contribution in [2.75, 3.05) is 0 Å². The zero-order valence-corrected chi connectivity index (χ0v) is 7.81. The van der Waals surface area contributed by atoms with Crippen LogP contribution in [0.1, 0.15) is 0 Å². The van der Waals surface area contributed by atoms with Crippen LogP contribution in [-0.4, -0.2) is 5.96 Å². The molecule has 0 aliphatic carbocycles. The number of aliphatic imine (C=N–C) groups is 1. The standard InChI is InChI=1S/C10H9N3O2/c11-10(12)13-7-5-6-3-1-2-4-8(6)15-9(7)14/h1-5H,(H4,11,12,13). The zero-order valence-electron chi connectivity index (χ0n) is 7.81. The Morgan fingerprint density at radius 1 is 1.27 bits per heavy atom. The Hall–Kier alpha value is -2.30. The highest BCUT2D eigenvalue weighted by Crippen LogP contribution is 2.16. The fraction of sp³-hybridized carbons (Fsp3) is 0. The van der Waals surface area contributed by atoms with E-state index in [-0.39, 0.29) is 11.6 Å². The number of para-hydroxylation sites is 1. The van der Waals surface area contributed by atoms with Gasteiger partial charge in [0.05, 0.1) is 0 Å². The first-order valence-electron chi connectivity index (χ1n) is 4.29. The number of guanidine groups is 1. The van der Waals surface area contributed by atoms with Crippen molar-refractivity contribution in [3.05, 3.63) is 40.8 Å². The molecular weight excluding hydrogens is 194 g/mol. The zero-order chi connectivity index (χ0) is 10.8. The van der Waals surface area contributed by atoms with Crippen LogP contribution < -0.4 is 17.1 Å². The van der Waals surface area contributed by atoms with Crippen molar-refractivity contribution in [3.8, 4) is 0 Å². The van der Waals surface area contributed by atoms with Gasteiger partial charge in [0.15, 0.2) is 11.6 Å². The molecule has 0 saturated heterocycles. The van der Waals surface area contributed by atoms with Crippen LogP contribution in [0.25, 0.3) is 11.0 Å². The molecule has 2 rings (SSSR count). The maximum absolute atomic E-state index is 11.4. The molecule has 5 nitrogen and oxygen atoms in total. The van der Waals surface area contributed by atoms with Crippen LogP contribution in [0.2, 0.25) is 0 Å².